The summed E-state index contributed by atoms with van der Waals surface area (Å²) in [6, 6.07) is 0. The van der Waals surface area contributed by atoms with E-state index in [9.17, 15) is 9.59 Å². The van der Waals surface area contributed by atoms with Gasteiger partial charge in [0.15, 0.2) is 11.6 Å². The van der Waals surface area contributed by atoms with Crippen LogP contribution in [0.3, 0.4) is 0 Å². The molecule has 78 valence electrons. The molecule has 0 aromatic carbocycles. The van der Waals surface area contributed by atoms with Gasteiger partial charge in [0.1, 0.15) is 0 Å². The molecule has 0 saturated heterocycles. The van der Waals surface area contributed by atoms with Crippen LogP contribution in [0.25, 0.3) is 0 Å². The van der Waals surface area contributed by atoms with E-state index in [2.05, 4.69) is 6.92 Å². The highest BCUT2D eigenvalue weighted by Gasteiger charge is 2.43. The predicted molar refractivity (Wildman–Crippen MR) is 56.0 cm³/mol. The van der Waals surface area contributed by atoms with Gasteiger partial charge in [0.05, 0.1) is 5.57 Å². The highest BCUT2D eigenvalue weighted by molar-refractivity contribution is 6.20. The summed E-state index contributed by atoms with van der Waals surface area (Å²) in [7, 11) is 0. The number of hydrogen-bond donors (Lipinski definition) is 0. The molecule has 0 aromatic heterocycles. The van der Waals surface area contributed by atoms with Gasteiger partial charge in [-0.2, -0.15) is 0 Å². The fraction of sp³-hybridized carbons (Fsp3) is 0.667. The lowest BCUT2D eigenvalue weighted by atomic mass is 10.0. The summed E-state index contributed by atoms with van der Waals surface area (Å²) in [4.78, 5) is 22.9. The van der Waals surface area contributed by atoms with Gasteiger partial charge in [-0.05, 0) is 32.6 Å². The molecule has 1 saturated carbocycles. The summed E-state index contributed by atoms with van der Waals surface area (Å²) in [5.74, 6) is 0.657. The third kappa shape index (κ3) is 2.31. The monoisotopic (exact) mass is 194 g/mol. The molecule has 0 radical (unpaired) electrons. The van der Waals surface area contributed by atoms with Crippen molar-refractivity contribution >= 4 is 11.6 Å². The Balaban J connectivity index is 2.55. The van der Waals surface area contributed by atoms with Gasteiger partial charge in [0.25, 0.3) is 0 Å². The molecular weight excluding hydrogens is 176 g/mol. The molecule has 2 heteroatoms. The van der Waals surface area contributed by atoms with Crippen molar-refractivity contribution in [3.8, 4) is 0 Å². The minimum atomic E-state index is -0.0975. The van der Waals surface area contributed by atoms with Crippen LogP contribution in [0.5, 0.6) is 0 Å². The second-order valence-electron chi connectivity index (χ2n) is 4.01. The zero-order chi connectivity index (χ0) is 10.7. The molecule has 2 atom stereocenters. The van der Waals surface area contributed by atoms with E-state index in [-0.39, 0.29) is 17.5 Å². The number of ketones is 2. The number of carbonyl (C=O) groups is 2. The predicted octanol–water partition coefficient (Wildman–Crippen LogP) is 2.53. The first-order valence-corrected chi connectivity index (χ1v) is 5.33. The number of Topliss-reactive ketones (excluding diaryl/α,β-unsaturated/α-hetero) is 2. The molecule has 1 aliphatic rings. The molecule has 0 aliphatic heterocycles. The maximum Gasteiger partial charge on any atom is 0.169 e. The second kappa shape index (κ2) is 4.54. The van der Waals surface area contributed by atoms with Crippen molar-refractivity contribution in [1.29, 1.82) is 0 Å². The molecule has 1 rings (SSSR count). The summed E-state index contributed by atoms with van der Waals surface area (Å²) >= 11 is 0. The molecule has 0 aromatic rings. The average molecular weight is 194 g/mol. The Hall–Kier alpha value is -0.920. The lowest BCUT2D eigenvalue weighted by molar-refractivity contribution is -0.121. The van der Waals surface area contributed by atoms with E-state index in [1.54, 1.807) is 13.0 Å². The molecule has 0 spiro atoms. The van der Waals surface area contributed by atoms with E-state index >= 15 is 0 Å². The van der Waals surface area contributed by atoms with Crippen molar-refractivity contribution in [2.24, 2.45) is 11.8 Å². The Labute approximate surface area is 85.4 Å². The quantitative estimate of drug-likeness (QED) is 0.383. The van der Waals surface area contributed by atoms with E-state index < -0.39 is 0 Å². The highest BCUT2D eigenvalue weighted by Crippen LogP contribution is 2.43. The first-order chi connectivity index (χ1) is 6.61. The van der Waals surface area contributed by atoms with Crippen molar-refractivity contribution in [3.05, 3.63) is 11.6 Å². The van der Waals surface area contributed by atoms with Gasteiger partial charge in [-0.15, -0.1) is 0 Å². The van der Waals surface area contributed by atoms with E-state index in [1.807, 2.05) is 0 Å². The normalized spacial score (nSPS) is 26.1. The summed E-state index contributed by atoms with van der Waals surface area (Å²) < 4.78 is 0. The third-order valence-electron chi connectivity index (χ3n) is 2.85. The fourth-order valence-electron chi connectivity index (χ4n) is 1.98. The maximum absolute atomic E-state index is 11.8. The van der Waals surface area contributed by atoms with Crippen LogP contribution in [-0.2, 0) is 9.59 Å². The van der Waals surface area contributed by atoms with Crippen LogP contribution in [0.4, 0.5) is 0 Å². The highest BCUT2D eigenvalue weighted by atomic mass is 16.1. The molecule has 1 aliphatic carbocycles. The Kier molecular flexibility index (Phi) is 3.62. The van der Waals surface area contributed by atoms with Crippen molar-refractivity contribution in [3.63, 3.8) is 0 Å². The number of hydrogen-bond acceptors (Lipinski definition) is 2. The van der Waals surface area contributed by atoms with Gasteiger partial charge in [-0.25, -0.2) is 0 Å². The largest absolute Gasteiger partial charge is 0.294 e. The Morgan fingerprint density at radius 1 is 1.43 bits per heavy atom. The lowest BCUT2D eigenvalue weighted by Crippen LogP contribution is -2.12. The van der Waals surface area contributed by atoms with Crippen molar-refractivity contribution in [2.45, 2.75) is 40.0 Å². The van der Waals surface area contributed by atoms with Crippen LogP contribution < -0.4 is 0 Å². The van der Waals surface area contributed by atoms with Gasteiger partial charge >= 0.3 is 0 Å². The first-order valence-electron chi connectivity index (χ1n) is 5.33. The SMILES string of the molecule is CC=C(C(C)=O)C(=O)[C@H]1C[C@@H]1CCC. The van der Waals surface area contributed by atoms with E-state index in [4.69, 9.17) is 0 Å². The van der Waals surface area contributed by atoms with Gasteiger partial charge in [0, 0.05) is 5.92 Å². The average Bonchev–Trinajstić information content (AvgIpc) is 2.85. The number of allylic oxidation sites excluding steroid dienone is 2. The standard InChI is InChI=1S/C12H18O2/c1-4-6-9-7-11(9)12(14)10(5-2)8(3)13/h5,9,11H,4,6-7H2,1-3H3/t9-,11-/m0/s1. The first kappa shape index (κ1) is 11.2. The summed E-state index contributed by atoms with van der Waals surface area (Å²) in [5.41, 5.74) is 0.397. The Bertz CT molecular complexity index is 276. The van der Waals surface area contributed by atoms with Crippen LogP contribution in [0, 0.1) is 11.8 Å². The van der Waals surface area contributed by atoms with Crippen LogP contribution in [-0.4, -0.2) is 11.6 Å². The van der Waals surface area contributed by atoms with Crippen LogP contribution >= 0.6 is 0 Å². The van der Waals surface area contributed by atoms with Crippen molar-refractivity contribution in [1.82, 2.24) is 0 Å². The molecule has 0 bridgehead atoms. The molecule has 14 heavy (non-hydrogen) atoms. The second-order valence-corrected chi connectivity index (χ2v) is 4.01. The Morgan fingerprint density at radius 2 is 2.07 bits per heavy atom. The summed E-state index contributed by atoms with van der Waals surface area (Å²) in [6.45, 7) is 5.34. The zero-order valence-electron chi connectivity index (χ0n) is 9.17. The number of rotatable bonds is 5. The van der Waals surface area contributed by atoms with E-state index in [1.165, 1.54) is 6.92 Å². The molecule has 0 unspecified atom stereocenters. The van der Waals surface area contributed by atoms with E-state index in [0.29, 0.717) is 11.5 Å². The minimum Gasteiger partial charge on any atom is -0.294 e. The van der Waals surface area contributed by atoms with E-state index in [0.717, 1.165) is 19.3 Å². The molecular formula is C12H18O2. The van der Waals surface area contributed by atoms with Gasteiger partial charge in [-0.3, -0.25) is 9.59 Å². The van der Waals surface area contributed by atoms with Gasteiger partial charge in [0.2, 0.25) is 0 Å². The Morgan fingerprint density at radius 3 is 2.50 bits per heavy atom. The fourth-order valence-corrected chi connectivity index (χ4v) is 1.98. The van der Waals surface area contributed by atoms with Gasteiger partial charge < -0.3 is 0 Å². The van der Waals surface area contributed by atoms with Crippen LogP contribution in [0.1, 0.15) is 40.0 Å². The lowest BCUT2D eigenvalue weighted by Gasteiger charge is -2.00. The summed E-state index contributed by atoms with van der Waals surface area (Å²) in [5, 5.41) is 0. The third-order valence-corrected chi connectivity index (χ3v) is 2.85. The van der Waals surface area contributed by atoms with Crippen molar-refractivity contribution in [2.75, 3.05) is 0 Å². The molecule has 0 amide bonds. The molecule has 2 nitrogen and oxygen atoms in total. The molecule has 0 N–H and O–H groups in total. The van der Waals surface area contributed by atoms with Crippen LogP contribution in [0.2, 0.25) is 0 Å². The topological polar surface area (TPSA) is 34.1 Å². The summed E-state index contributed by atoms with van der Waals surface area (Å²) in [6.07, 6.45) is 4.87. The number of carbonyl (C=O) groups excluding carboxylic acids is 2. The van der Waals surface area contributed by atoms with Crippen LogP contribution in [0.15, 0.2) is 11.6 Å². The maximum atomic E-state index is 11.8. The molecule has 0 heterocycles. The van der Waals surface area contributed by atoms with Gasteiger partial charge in [-0.1, -0.05) is 19.4 Å². The van der Waals surface area contributed by atoms with Crippen molar-refractivity contribution < 1.29 is 9.59 Å². The molecule has 1 fully saturated rings. The smallest absolute Gasteiger partial charge is 0.169 e. The zero-order valence-corrected chi connectivity index (χ0v) is 9.17. The minimum absolute atomic E-state index is 0.0680.